The Morgan fingerprint density at radius 3 is 1.71 bits per heavy atom. The number of rotatable bonds is 13. The molecule has 3 unspecified atom stereocenters. The third-order valence-corrected chi connectivity index (χ3v) is 7.32. The maximum Gasteiger partial charge on any atom is 0.310 e. The summed E-state index contributed by atoms with van der Waals surface area (Å²) in [5.41, 5.74) is 0. The van der Waals surface area contributed by atoms with E-state index in [0.717, 1.165) is 12.8 Å². The van der Waals surface area contributed by atoms with Gasteiger partial charge < -0.3 is 30.1 Å². The van der Waals surface area contributed by atoms with Crippen LogP contribution in [0, 0.1) is 17.8 Å². The Bertz CT molecular complexity index is 952. The van der Waals surface area contributed by atoms with Crippen molar-refractivity contribution in [1.82, 2.24) is 25.3 Å². The Balaban J connectivity index is 1.32. The van der Waals surface area contributed by atoms with E-state index in [-0.39, 0.29) is 87.4 Å². The van der Waals surface area contributed by atoms with Crippen molar-refractivity contribution in [2.24, 2.45) is 17.8 Å². The molecule has 3 aliphatic heterocycles. The van der Waals surface area contributed by atoms with E-state index in [9.17, 15) is 28.8 Å². The molecular formula is C26H39N5O7. The van der Waals surface area contributed by atoms with Crippen molar-refractivity contribution in [3.05, 3.63) is 12.2 Å². The number of unbranched alkanes of at least 4 members (excludes halogenated alkanes) is 1. The summed E-state index contributed by atoms with van der Waals surface area (Å²) in [6.07, 6.45) is 6.19. The van der Waals surface area contributed by atoms with Gasteiger partial charge in [-0.25, -0.2) is 0 Å². The first-order valence-corrected chi connectivity index (χ1v) is 13.3. The summed E-state index contributed by atoms with van der Waals surface area (Å²) in [6, 6.07) is 0. The van der Waals surface area contributed by atoms with Crippen molar-refractivity contribution < 1.29 is 33.5 Å². The number of methoxy groups -OCH3 is 1. The fourth-order valence-corrected chi connectivity index (χ4v) is 5.12. The number of hydrogen-bond donors (Lipinski definition) is 2. The predicted molar refractivity (Wildman–Crippen MR) is 136 cm³/mol. The first kappa shape index (κ1) is 29.1. The van der Waals surface area contributed by atoms with Gasteiger partial charge in [0.25, 0.3) is 0 Å². The summed E-state index contributed by atoms with van der Waals surface area (Å²) in [5, 5.41) is 5.60. The number of allylic oxidation sites excluding steroid dienone is 2. The van der Waals surface area contributed by atoms with Crippen molar-refractivity contribution in [2.45, 2.75) is 39.0 Å². The number of nitrogens with one attached hydrogen (secondary N) is 2. The van der Waals surface area contributed by atoms with E-state index < -0.39 is 17.8 Å². The van der Waals surface area contributed by atoms with Crippen molar-refractivity contribution in [2.75, 3.05) is 59.5 Å². The average molecular weight is 534 g/mol. The summed E-state index contributed by atoms with van der Waals surface area (Å²) in [5.74, 6) is -2.56. The SMILES string of the molecule is C/C=C\CCCN1CC(C(=O)NCCN2CC(C(=O)NCCN3CC(C(=O)OC)CC3=O)CC2=O)CC1=O. The first-order valence-electron chi connectivity index (χ1n) is 13.3. The van der Waals surface area contributed by atoms with Gasteiger partial charge in [0.2, 0.25) is 29.5 Å². The molecule has 3 fully saturated rings. The van der Waals surface area contributed by atoms with Gasteiger partial charge in [0.15, 0.2) is 0 Å². The van der Waals surface area contributed by atoms with E-state index >= 15 is 0 Å². The Hall–Kier alpha value is -3.44. The number of carbonyl (C=O) groups excluding carboxylic acids is 6. The fourth-order valence-electron chi connectivity index (χ4n) is 5.12. The molecule has 3 rings (SSSR count). The Morgan fingerprint density at radius 2 is 1.24 bits per heavy atom. The van der Waals surface area contributed by atoms with Crippen LogP contribution in [0.3, 0.4) is 0 Å². The molecule has 0 spiro atoms. The van der Waals surface area contributed by atoms with E-state index in [4.69, 9.17) is 4.74 Å². The number of nitrogens with zero attached hydrogens (tertiary/aromatic N) is 3. The molecule has 0 bridgehead atoms. The van der Waals surface area contributed by atoms with Crippen molar-refractivity contribution in [1.29, 1.82) is 0 Å². The zero-order chi connectivity index (χ0) is 27.7. The zero-order valence-electron chi connectivity index (χ0n) is 22.3. The average Bonchev–Trinajstić information content (AvgIpc) is 3.58. The van der Waals surface area contributed by atoms with Crippen LogP contribution in [0.1, 0.15) is 39.0 Å². The van der Waals surface area contributed by atoms with E-state index in [0.29, 0.717) is 19.6 Å². The molecule has 0 radical (unpaired) electrons. The lowest BCUT2D eigenvalue weighted by Crippen LogP contribution is -2.40. The van der Waals surface area contributed by atoms with Gasteiger partial charge in [-0.15, -0.1) is 0 Å². The molecule has 3 heterocycles. The van der Waals surface area contributed by atoms with Crippen LogP contribution in [0.25, 0.3) is 0 Å². The maximum absolute atomic E-state index is 12.6. The molecule has 38 heavy (non-hydrogen) atoms. The molecule has 0 aliphatic carbocycles. The molecule has 0 aromatic rings. The monoisotopic (exact) mass is 533 g/mol. The molecule has 0 saturated carbocycles. The van der Waals surface area contributed by atoms with Crippen LogP contribution in [-0.4, -0.2) is 110 Å². The standard InChI is InChI=1S/C26H39N5O7/c1-3-4-5-6-9-29-15-18(12-21(29)32)24(35)27-7-10-30-16-19(13-22(30)33)25(36)28-8-11-31-17-20(14-23(31)34)26(37)38-2/h3-4,18-20H,5-17H2,1-2H3,(H,27,35)(H,28,36)/b4-3-. The lowest BCUT2D eigenvalue weighted by molar-refractivity contribution is -0.145. The minimum atomic E-state index is -0.501. The highest BCUT2D eigenvalue weighted by molar-refractivity contribution is 5.90. The molecular weight excluding hydrogens is 494 g/mol. The molecule has 12 heteroatoms. The number of carbonyl (C=O) groups is 6. The summed E-state index contributed by atoms with van der Waals surface area (Å²) >= 11 is 0. The summed E-state index contributed by atoms with van der Waals surface area (Å²) in [7, 11) is 1.29. The molecule has 2 N–H and O–H groups in total. The van der Waals surface area contributed by atoms with Gasteiger partial charge >= 0.3 is 5.97 Å². The number of amides is 5. The van der Waals surface area contributed by atoms with Crippen LogP contribution >= 0.6 is 0 Å². The molecule has 3 atom stereocenters. The van der Waals surface area contributed by atoms with E-state index in [1.54, 1.807) is 9.80 Å². The molecule has 3 aliphatic rings. The highest BCUT2D eigenvalue weighted by atomic mass is 16.5. The van der Waals surface area contributed by atoms with E-state index in [1.165, 1.54) is 12.0 Å². The van der Waals surface area contributed by atoms with Gasteiger partial charge in [-0.1, -0.05) is 12.2 Å². The normalized spacial score (nSPS) is 23.6. The number of esters is 1. The second-order valence-electron chi connectivity index (χ2n) is 10.0. The molecule has 0 aromatic carbocycles. The highest BCUT2D eigenvalue weighted by Gasteiger charge is 2.37. The van der Waals surface area contributed by atoms with Gasteiger partial charge in [0.1, 0.15) is 0 Å². The third kappa shape index (κ3) is 7.78. The topological polar surface area (TPSA) is 145 Å². The summed E-state index contributed by atoms with van der Waals surface area (Å²) < 4.78 is 4.69. The van der Waals surface area contributed by atoms with Crippen LogP contribution in [0.15, 0.2) is 12.2 Å². The van der Waals surface area contributed by atoms with Crippen LogP contribution in [0.5, 0.6) is 0 Å². The van der Waals surface area contributed by atoms with Gasteiger partial charge in [0.05, 0.1) is 24.9 Å². The Kier molecular flexibility index (Phi) is 10.7. The summed E-state index contributed by atoms with van der Waals surface area (Å²) in [6.45, 7) is 4.59. The Labute approximate surface area is 223 Å². The van der Waals surface area contributed by atoms with Gasteiger partial charge in [-0.2, -0.15) is 0 Å². The lowest BCUT2D eigenvalue weighted by atomic mass is 10.1. The summed E-state index contributed by atoms with van der Waals surface area (Å²) in [4.78, 5) is 78.2. The zero-order valence-corrected chi connectivity index (χ0v) is 22.3. The van der Waals surface area contributed by atoms with Crippen molar-refractivity contribution >= 4 is 35.5 Å². The van der Waals surface area contributed by atoms with Gasteiger partial charge in [-0.3, -0.25) is 28.8 Å². The fraction of sp³-hybridized carbons (Fsp3) is 0.692. The number of likely N-dealkylation sites (tertiary alicyclic amines) is 3. The minimum absolute atomic E-state index is 0.00779. The van der Waals surface area contributed by atoms with Crippen molar-refractivity contribution in [3.63, 3.8) is 0 Å². The second-order valence-corrected chi connectivity index (χ2v) is 10.0. The Morgan fingerprint density at radius 1 is 0.789 bits per heavy atom. The van der Waals surface area contributed by atoms with Crippen LogP contribution in [-0.2, 0) is 33.5 Å². The number of hydrogen-bond acceptors (Lipinski definition) is 7. The van der Waals surface area contributed by atoms with Crippen LogP contribution in [0.2, 0.25) is 0 Å². The van der Waals surface area contributed by atoms with E-state index in [1.807, 2.05) is 13.0 Å². The molecule has 12 nitrogen and oxygen atoms in total. The first-order chi connectivity index (χ1) is 18.2. The van der Waals surface area contributed by atoms with Gasteiger partial charge in [0, 0.05) is 71.6 Å². The predicted octanol–water partition coefficient (Wildman–Crippen LogP) is -0.706. The smallest absolute Gasteiger partial charge is 0.310 e. The number of ether oxygens (including phenoxy) is 1. The largest absolute Gasteiger partial charge is 0.469 e. The molecule has 0 aromatic heterocycles. The molecule has 3 saturated heterocycles. The lowest BCUT2D eigenvalue weighted by Gasteiger charge is -2.19. The van der Waals surface area contributed by atoms with Gasteiger partial charge in [-0.05, 0) is 19.8 Å². The molecule has 210 valence electrons. The van der Waals surface area contributed by atoms with Crippen molar-refractivity contribution in [3.8, 4) is 0 Å². The third-order valence-electron chi connectivity index (χ3n) is 7.32. The second kappa shape index (κ2) is 13.9. The highest BCUT2D eigenvalue weighted by Crippen LogP contribution is 2.20. The van der Waals surface area contributed by atoms with Crippen LogP contribution < -0.4 is 10.6 Å². The quantitative estimate of drug-likeness (QED) is 0.181. The van der Waals surface area contributed by atoms with Crippen LogP contribution in [0.4, 0.5) is 0 Å². The molecule has 5 amide bonds. The van der Waals surface area contributed by atoms with E-state index in [2.05, 4.69) is 16.7 Å². The maximum atomic E-state index is 12.6. The minimum Gasteiger partial charge on any atom is -0.469 e.